The number of piperidine rings is 1. The van der Waals surface area contributed by atoms with Crippen molar-refractivity contribution in [3.05, 3.63) is 48.9 Å². The van der Waals surface area contributed by atoms with Crippen LogP contribution in [-0.2, 0) is 0 Å². The van der Waals surface area contributed by atoms with Crippen molar-refractivity contribution in [3.8, 4) is 17.0 Å². The van der Waals surface area contributed by atoms with Gasteiger partial charge in [0.25, 0.3) is 0 Å². The number of nitrogens with zero attached hydrogens (tertiary/aromatic N) is 6. The number of fused-ring (bicyclic) bond motifs is 3. The highest BCUT2D eigenvalue weighted by molar-refractivity contribution is 5.98. The van der Waals surface area contributed by atoms with Crippen LogP contribution < -0.4 is 4.74 Å². The monoisotopic (exact) mass is 388 g/mol. The maximum atomic E-state index is 6.23. The van der Waals surface area contributed by atoms with Crippen LogP contribution >= 0.6 is 0 Å². The Morgan fingerprint density at radius 2 is 1.86 bits per heavy atom. The lowest BCUT2D eigenvalue weighted by Gasteiger charge is -2.34. The van der Waals surface area contributed by atoms with E-state index in [2.05, 4.69) is 46.1 Å². The molecule has 0 radical (unpaired) electrons. The molecule has 4 heterocycles. The van der Waals surface area contributed by atoms with Gasteiger partial charge in [0.2, 0.25) is 5.65 Å². The molecule has 0 unspecified atom stereocenters. The van der Waals surface area contributed by atoms with Crippen LogP contribution in [0.25, 0.3) is 27.8 Å². The van der Waals surface area contributed by atoms with Crippen molar-refractivity contribution in [2.45, 2.75) is 38.8 Å². The van der Waals surface area contributed by atoms with E-state index in [0.717, 1.165) is 53.8 Å². The number of hydrogen-bond donors (Lipinski definition) is 0. The Morgan fingerprint density at radius 3 is 2.62 bits per heavy atom. The highest BCUT2D eigenvalue weighted by atomic mass is 16.5. The second-order valence-corrected chi connectivity index (χ2v) is 7.82. The quantitative estimate of drug-likeness (QED) is 0.532. The van der Waals surface area contributed by atoms with E-state index >= 15 is 0 Å². The molecule has 3 aromatic heterocycles. The van der Waals surface area contributed by atoms with Gasteiger partial charge in [-0.15, -0.1) is 10.2 Å². The number of pyridine rings is 1. The summed E-state index contributed by atoms with van der Waals surface area (Å²) in [6.45, 7) is 6.71. The second-order valence-electron chi connectivity index (χ2n) is 7.82. The van der Waals surface area contributed by atoms with Crippen molar-refractivity contribution in [2.75, 3.05) is 13.1 Å². The highest BCUT2D eigenvalue weighted by Crippen LogP contribution is 2.29. The number of ether oxygens (including phenoxy) is 1. The Bertz CT molecular complexity index is 1130. The fourth-order valence-electron chi connectivity index (χ4n) is 4.00. The molecule has 0 N–H and O–H groups in total. The third kappa shape index (κ3) is 3.42. The van der Waals surface area contributed by atoms with E-state index in [0.29, 0.717) is 11.7 Å². The Hall–Kier alpha value is -3.06. The van der Waals surface area contributed by atoms with E-state index in [1.54, 1.807) is 17.0 Å². The molecule has 0 amide bonds. The van der Waals surface area contributed by atoms with E-state index in [1.807, 2.05) is 24.3 Å². The zero-order valence-electron chi connectivity index (χ0n) is 16.7. The van der Waals surface area contributed by atoms with Gasteiger partial charge in [-0.05, 0) is 63.1 Å². The van der Waals surface area contributed by atoms with Crippen molar-refractivity contribution >= 4 is 16.6 Å². The number of aromatic nitrogens is 5. The summed E-state index contributed by atoms with van der Waals surface area (Å²) in [6.07, 6.45) is 5.80. The standard InChI is InChI=1S/C22H24N6O/c1-15(2)27-12-9-18(10-13-27)29-17-7-5-16(6-8-17)20-19-4-3-11-23-21(19)22-25-24-14-28(22)26-20/h3-8,11,14-15,18H,9-10,12-13H2,1-2H3. The second kappa shape index (κ2) is 7.40. The van der Waals surface area contributed by atoms with Crippen LogP contribution in [0.15, 0.2) is 48.9 Å². The van der Waals surface area contributed by atoms with Crippen molar-refractivity contribution in [1.29, 1.82) is 0 Å². The smallest absolute Gasteiger partial charge is 0.203 e. The van der Waals surface area contributed by atoms with Gasteiger partial charge in [0, 0.05) is 36.3 Å². The van der Waals surface area contributed by atoms with Crippen molar-refractivity contribution < 1.29 is 4.74 Å². The van der Waals surface area contributed by atoms with Gasteiger partial charge < -0.3 is 9.64 Å². The maximum absolute atomic E-state index is 6.23. The summed E-state index contributed by atoms with van der Waals surface area (Å²) in [7, 11) is 0. The predicted molar refractivity (Wildman–Crippen MR) is 112 cm³/mol. The first-order valence-corrected chi connectivity index (χ1v) is 10.1. The van der Waals surface area contributed by atoms with Gasteiger partial charge in [0.05, 0.1) is 0 Å². The van der Waals surface area contributed by atoms with Gasteiger partial charge in [-0.1, -0.05) is 0 Å². The van der Waals surface area contributed by atoms with Crippen LogP contribution in [0, 0.1) is 0 Å². The Morgan fingerprint density at radius 1 is 1.07 bits per heavy atom. The molecule has 0 aliphatic carbocycles. The molecule has 1 fully saturated rings. The van der Waals surface area contributed by atoms with Gasteiger partial charge >= 0.3 is 0 Å². The molecule has 1 saturated heterocycles. The fraction of sp³-hybridized carbons (Fsp3) is 0.364. The minimum Gasteiger partial charge on any atom is -0.490 e. The number of likely N-dealkylation sites (tertiary alicyclic amines) is 1. The molecular formula is C22H24N6O. The maximum Gasteiger partial charge on any atom is 0.203 e. The molecule has 0 bridgehead atoms. The fourth-order valence-corrected chi connectivity index (χ4v) is 4.00. The van der Waals surface area contributed by atoms with E-state index in [-0.39, 0.29) is 6.10 Å². The number of hydrogen-bond acceptors (Lipinski definition) is 6. The summed E-state index contributed by atoms with van der Waals surface area (Å²) < 4.78 is 7.91. The van der Waals surface area contributed by atoms with Crippen LogP contribution in [0.2, 0.25) is 0 Å². The summed E-state index contributed by atoms with van der Waals surface area (Å²) in [5.41, 5.74) is 3.34. The summed E-state index contributed by atoms with van der Waals surface area (Å²) in [4.78, 5) is 7.00. The Balaban J connectivity index is 1.39. The van der Waals surface area contributed by atoms with Crippen molar-refractivity contribution in [3.63, 3.8) is 0 Å². The summed E-state index contributed by atoms with van der Waals surface area (Å²) >= 11 is 0. The van der Waals surface area contributed by atoms with Gasteiger partial charge in [-0.2, -0.15) is 9.61 Å². The zero-order valence-corrected chi connectivity index (χ0v) is 16.7. The minimum atomic E-state index is 0.285. The molecule has 0 atom stereocenters. The molecule has 1 aromatic carbocycles. The van der Waals surface area contributed by atoms with Crippen LogP contribution in [0.3, 0.4) is 0 Å². The lowest BCUT2D eigenvalue weighted by Crippen LogP contribution is -2.41. The van der Waals surface area contributed by atoms with Gasteiger partial charge in [0.15, 0.2) is 0 Å². The topological polar surface area (TPSA) is 68.4 Å². The molecule has 5 rings (SSSR count). The lowest BCUT2D eigenvalue weighted by atomic mass is 10.1. The minimum absolute atomic E-state index is 0.285. The molecule has 4 aromatic rings. The molecule has 0 saturated carbocycles. The summed E-state index contributed by atoms with van der Waals surface area (Å²) in [5, 5.41) is 13.8. The average molecular weight is 388 g/mol. The van der Waals surface area contributed by atoms with E-state index in [9.17, 15) is 0 Å². The van der Waals surface area contributed by atoms with E-state index in [1.165, 1.54) is 0 Å². The first kappa shape index (κ1) is 18.0. The molecule has 0 spiro atoms. The molecule has 1 aliphatic rings. The Kier molecular flexibility index (Phi) is 4.60. The molecule has 29 heavy (non-hydrogen) atoms. The van der Waals surface area contributed by atoms with Gasteiger partial charge in [-0.3, -0.25) is 4.98 Å². The third-order valence-corrected chi connectivity index (χ3v) is 5.65. The van der Waals surface area contributed by atoms with Gasteiger partial charge in [-0.25, -0.2) is 0 Å². The molecule has 7 heteroatoms. The van der Waals surface area contributed by atoms with Crippen molar-refractivity contribution in [1.82, 2.24) is 29.7 Å². The predicted octanol–water partition coefficient (Wildman–Crippen LogP) is 3.59. The highest BCUT2D eigenvalue weighted by Gasteiger charge is 2.22. The largest absolute Gasteiger partial charge is 0.490 e. The number of benzene rings is 1. The summed E-state index contributed by atoms with van der Waals surface area (Å²) in [5.74, 6) is 0.907. The van der Waals surface area contributed by atoms with Crippen LogP contribution in [0.4, 0.5) is 0 Å². The first-order valence-electron chi connectivity index (χ1n) is 10.1. The van der Waals surface area contributed by atoms with Crippen LogP contribution in [-0.4, -0.2) is 54.9 Å². The lowest BCUT2D eigenvalue weighted by molar-refractivity contribution is 0.0843. The van der Waals surface area contributed by atoms with Crippen molar-refractivity contribution in [2.24, 2.45) is 0 Å². The average Bonchev–Trinajstić information content (AvgIpc) is 3.23. The molecule has 148 valence electrons. The SMILES string of the molecule is CC(C)N1CCC(Oc2ccc(-c3nn4cnnc4c4ncccc34)cc2)CC1. The van der Waals surface area contributed by atoms with Crippen LogP contribution in [0.5, 0.6) is 5.75 Å². The molecule has 7 nitrogen and oxygen atoms in total. The van der Waals surface area contributed by atoms with E-state index in [4.69, 9.17) is 9.84 Å². The van der Waals surface area contributed by atoms with E-state index < -0.39 is 0 Å². The van der Waals surface area contributed by atoms with Gasteiger partial charge in [0.1, 0.15) is 29.4 Å². The van der Waals surface area contributed by atoms with Crippen LogP contribution in [0.1, 0.15) is 26.7 Å². The Labute approximate surface area is 169 Å². The zero-order chi connectivity index (χ0) is 19.8. The number of rotatable bonds is 4. The molecular weight excluding hydrogens is 364 g/mol. The first-order chi connectivity index (χ1) is 14.2. The summed E-state index contributed by atoms with van der Waals surface area (Å²) in [6, 6.07) is 12.7. The molecule has 1 aliphatic heterocycles. The normalized spacial score (nSPS) is 16.1. The third-order valence-electron chi connectivity index (χ3n) is 5.65.